The first kappa shape index (κ1) is 23.0. The molecule has 0 spiro atoms. The van der Waals surface area contributed by atoms with E-state index in [1.54, 1.807) is 0 Å². The highest BCUT2D eigenvalue weighted by molar-refractivity contribution is 7.13. The van der Waals surface area contributed by atoms with Gasteiger partial charge in [-0.2, -0.15) is 0 Å². The summed E-state index contributed by atoms with van der Waals surface area (Å²) in [7, 11) is 0. The van der Waals surface area contributed by atoms with E-state index in [-0.39, 0.29) is 23.9 Å². The Bertz CT molecular complexity index is 1200. The number of hydrogen-bond acceptors (Lipinski definition) is 6. The maximum absolute atomic E-state index is 13.1. The first-order valence-corrected chi connectivity index (χ1v) is 12.9. The minimum atomic E-state index is -0.142. The number of hydrogen-bond donors (Lipinski definition) is 4. The van der Waals surface area contributed by atoms with E-state index >= 15 is 0 Å². The molecule has 2 atom stereocenters. The van der Waals surface area contributed by atoms with Crippen LogP contribution in [0.15, 0.2) is 24.3 Å². The van der Waals surface area contributed by atoms with E-state index in [0.29, 0.717) is 17.2 Å². The van der Waals surface area contributed by atoms with Gasteiger partial charge in [-0.05, 0) is 38.0 Å². The Morgan fingerprint density at radius 1 is 1.18 bits per heavy atom. The van der Waals surface area contributed by atoms with Crippen molar-refractivity contribution in [2.75, 3.05) is 19.6 Å². The molecule has 0 radical (unpaired) electrons. The second kappa shape index (κ2) is 9.85. The van der Waals surface area contributed by atoms with Crippen molar-refractivity contribution in [3.8, 4) is 0 Å². The van der Waals surface area contributed by atoms with Gasteiger partial charge in [0, 0.05) is 60.5 Å². The zero-order chi connectivity index (χ0) is 23.7. The monoisotopic (exact) mass is 480 g/mol. The van der Waals surface area contributed by atoms with Crippen LogP contribution in [0.5, 0.6) is 0 Å². The summed E-state index contributed by atoms with van der Waals surface area (Å²) >= 11 is 1.48. The van der Waals surface area contributed by atoms with E-state index in [4.69, 9.17) is 5.73 Å². The van der Waals surface area contributed by atoms with Crippen molar-refractivity contribution in [2.45, 2.75) is 57.7 Å². The van der Waals surface area contributed by atoms with Crippen LogP contribution < -0.4 is 16.4 Å². The normalized spacial score (nSPS) is 20.8. The fraction of sp³-hybridized carbons (Fsp3) is 0.480. The number of aromatic amines is 1. The molecule has 1 aliphatic heterocycles. The highest BCUT2D eigenvalue weighted by atomic mass is 32.1. The van der Waals surface area contributed by atoms with E-state index in [0.717, 1.165) is 78.8 Å². The van der Waals surface area contributed by atoms with Crippen molar-refractivity contribution in [1.82, 2.24) is 25.5 Å². The van der Waals surface area contributed by atoms with Gasteiger partial charge in [0.25, 0.3) is 11.8 Å². The Hall–Kier alpha value is -2.75. The van der Waals surface area contributed by atoms with Gasteiger partial charge in [0.1, 0.15) is 5.69 Å². The average Bonchev–Trinajstić information content (AvgIpc) is 3.44. The lowest BCUT2D eigenvalue weighted by molar-refractivity contribution is 0.0860. The zero-order valence-corrected chi connectivity index (χ0v) is 20.3. The molecule has 2 amide bonds. The molecular formula is C25H32N6O2S. The van der Waals surface area contributed by atoms with E-state index < -0.39 is 0 Å². The third kappa shape index (κ3) is 4.87. The second-order valence-corrected chi connectivity index (χ2v) is 10.5. The number of H-pyrrole nitrogens is 1. The van der Waals surface area contributed by atoms with Gasteiger partial charge in [0.15, 0.2) is 5.01 Å². The number of fused-ring (bicyclic) bond motifs is 2. The molecular weight excluding hydrogens is 448 g/mol. The van der Waals surface area contributed by atoms with Gasteiger partial charge in [-0.3, -0.25) is 14.5 Å². The first-order valence-electron chi connectivity index (χ1n) is 12.1. The molecule has 8 nitrogen and oxygen atoms in total. The molecule has 1 saturated carbocycles. The van der Waals surface area contributed by atoms with Crippen molar-refractivity contribution < 1.29 is 9.59 Å². The Kier molecular flexibility index (Phi) is 6.67. The number of carbonyl (C=O) groups excluding carboxylic acids is 2. The Balaban J connectivity index is 1.25. The summed E-state index contributed by atoms with van der Waals surface area (Å²) in [6.07, 6.45) is 4.61. The summed E-state index contributed by atoms with van der Waals surface area (Å²) in [5.74, 6) is -0.276. The number of benzene rings is 1. The fourth-order valence-electron chi connectivity index (χ4n) is 5.05. The number of aryl methyl sites for hydroxylation is 1. The molecule has 1 aromatic carbocycles. The highest BCUT2D eigenvalue weighted by Gasteiger charge is 2.30. The largest absolute Gasteiger partial charge is 0.351 e. The van der Waals surface area contributed by atoms with Crippen molar-refractivity contribution >= 4 is 34.1 Å². The summed E-state index contributed by atoms with van der Waals surface area (Å²) in [4.78, 5) is 37.4. The molecule has 9 heteroatoms. The van der Waals surface area contributed by atoms with Crippen LogP contribution in [0, 0.1) is 6.92 Å². The summed E-state index contributed by atoms with van der Waals surface area (Å²) in [6.45, 7) is 5.27. The van der Waals surface area contributed by atoms with Crippen LogP contribution in [0.3, 0.4) is 0 Å². The average molecular weight is 481 g/mol. The molecule has 0 saturated heterocycles. The molecule has 3 aromatic rings. The molecule has 2 aromatic heterocycles. The molecule has 0 bridgehead atoms. The van der Waals surface area contributed by atoms with Crippen LogP contribution in [0.1, 0.15) is 62.1 Å². The Morgan fingerprint density at radius 2 is 1.94 bits per heavy atom. The molecule has 1 aliphatic carbocycles. The van der Waals surface area contributed by atoms with Crippen molar-refractivity contribution in [3.05, 3.63) is 51.1 Å². The van der Waals surface area contributed by atoms with Gasteiger partial charge in [0.05, 0.1) is 5.69 Å². The molecule has 1 fully saturated rings. The molecule has 180 valence electrons. The molecule has 3 heterocycles. The van der Waals surface area contributed by atoms with Crippen molar-refractivity contribution in [3.63, 3.8) is 0 Å². The standard InChI is InChI=1S/C25H32N6O2S/c1-15-6-7-17-16(12-15)13-21(27-17)23(32)28-18-4-2-3-5-19(18)29-24(33)25-30-20-8-10-31(11-9-26)14-22(20)34-25/h6-7,12-13,18-19,27H,2-5,8-11,14,26H2,1H3,(H,28,32)(H,29,33)/t18-,19+/m0/s1. The lowest BCUT2D eigenvalue weighted by atomic mass is 9.90. The van der Waals surface area contributed by atoms with E-state index in [9.17, 15) is 9.59 Å². The van der Waals surface area contributed by atoms with E-state index in [2.05, 4.69) is 31.6 Å². The molecule has 5 N–H and O–H groups in total. The molecule has 2 aliphatic rings. The first-order chi connectivity index (χ1) is 16.5. The number of nitrogens with zero attached hydrogens (tertiary/aromatic N) is 2. The number of nitrogens with two attached hydrogens (primary N) is 1. The van der Waals surface area contributed by atoms with Gasteiger partial charge in [-0.1, -0.05) is 24.5 Å². The van der Waals surface area contributed by atoms with Gasteiger partial charge in [-0.15, -0.1) is 11.3 Å². The molecule has 34 heavy (non-hydrogen) atoms. The lowest BCUT2D eigenvalue weighted by Gasteiger charge is -2.32. The fourth-order valence-corrected chi connectivity index (χ4v) is 6.10. The maximum Gasteiger partial charge on any atom is 0.280 e. The third-order valence-electron chi connectivity index (χ3n) is 6.87. The zero-order valence-electron chi connectivity index (χ0n) is 19.5. The van der Waals surface area contributed by atoms with Gasteiger partial charge in [-0.25, -0.2) is 4.98 Å². The number of amides is 2. The molecule has 5 rings (SSSR count). The lowest BCUT2D eigenvalue weighted by Crippen LogP contribution is -2.53. The van der Waals surface area contributed by atoms with Crippen LogP contribution >= 0.6 is 11.3 Å². The predicted molar refractivity (Wildman–Crippen MR) is 134 cm³/mol. The minimum Gasteiger partial charge on any atom is -0.351 e. The number of thiazole rings is 1. The quantitative estimate of drug-likeness (QED) is 0.433. The predicted octanol–water partition coefficient (Wildman–Crippen LogP) is 2.72. The van der Waals surface area contributed by atoms with Crippen molar-refractivity contribution in [1.29, 1.82) is 0 Å². The molecule has 0 unspecified atom stereocenters. The van der Waals surface area contributed by atoms with Gasteiger partial charge in [0.2, 0.25) is 0 Å². The van der Waals surface area contributed by atoms with E-state index in [1.165, 1.54) is 11.3 Å². The van der Waals surface area contributed by atoms with Crippen LogP contribution in [0.2, 0.25) is 0 Å². The van der Waals surface area contributed by atoms with E-state index in [1.807, 2.05) is 25.1 Å². The van der Waals surface area contributed by atoms with Gasteiger partial charge < -0.3 is 21.4 Å². The van der Waals surface area contributed by atoms with Crippen LogP contribution in [-0.4, -0.2) is 58.4 Å². The highest BCUT2D eigenvalue weighted by Crippen LogP contribution is 2.26. The smallest absolute Gasteiger partial charge is 0.280 e. The summed E-state index contributed by atoms with van der Waals surface area (Å²) < 4.78 is 0. The number of carbonyl (C=O) groups is 2. The van der Waals surface area contributed by atoms with Crippen LogP contribution in [0.25, 0.3) is 10.9 Å². The van der Waals surface area contributed by atoms with Crippen LogP contribution in [0.4, 0.5) is 0 Å². The second-order valence-electron chi connectivity index (χ2n) is 9.42. The number of rotatable bonds is 6. The van der Waals surface area contributed by atoms with Crippen molar-refractivity contribution in [2.24, 2.45) is 5.73 Å². The third-order valence-corrected chi connectivity index (χ3v) is 7.95. The van der Waals surface area contributed by atoms with Crippen LogP contribution in [-0.2, 0) is 13.0 Å². The number of nitrogens with one attached hydrogen (secondary N) is 3. The summed E-state index contributed by atoms with van der Waals surface area (Å²) in [5, 5.41) is 7.88. The summed E-state index contributed by atoms with van der Waals surface area (Å²) in [5.41, 5.74) is 9.38. The summed E-state index contributed by atoms with van der Waals surface area (Å²) in [6, 6.07) is 7.77. The van der Waals surface area contributed by atoms with Gasteiger partial charge >= 0.3 is 0 Å². The Morgan fingerprint density at radius 3 is 2.71 bits per heavy atom. The maximum atomic E-state index is 13.1. The number of aromatic nitrogens is 2. The topological polar surface area (TPSA) is 116 Å². The SMILES string of the molecule is Cc1ccc2[nH]c(C(=O)N[C@H]3CCCC[C@H]3NC(=O)c3nc4c(s3)CN(CCN)CC4)cc2c1. The minimum absolute atomic E-state index is 0.104. The Labute approximate surface area is 203 Å².